The highest BCUT2D eigenvalue weighted by Gasteiger charge is 2.10. The zero-order valence-electron chi connectivity index (χ0n) is 11.5. The van der Waals surface area contributed by atoms with Crippen molar-refractivity contribution < 1.29 is 4.79 Å². The molecule has 106 valence electrons. The van der Waals surface area contributed by atoms with Crippen LogP contribution in [0.5, 0.6) is 0 Å². The molecule has 0 aliphatic heterocycles. The van der Waals surface area contributed by atoms with Gasteiger partial charge in [0.1, 0.15) is 0 Å². The van der Waals surface area contributed by atoms with Crippen LogP contribution in [-0.4, -0.2) is 27.8 Å². The summed E-state index contributed by atoms with van der Waals surface area (Å²) in [6.07, 6.45) is 3.71. The first kappa shape index (κ1) is 14.4. The van der Waals surface area contributed by atoms with Crippen LogP contribution in [0.1, 0.15) is 12.5 Å². The van der Waals surface area contributed by atoms with E-state index < -0.39 is 0 Å². The molecule has 0 saturated carbocycles. The predicted octanol–water partition coefficient (Wildman–Crippen LogP) is 3.22. The monoisotopic (exact) mass is 292 g/mol. The summed E-state index contributed by atoms with van der Waals surface area (Å²) in [6.45, 7) is 3.36. The second-order valence-electron chi connectivity index (χ2n) is 4.50. The van der Waals surface area contributed by atoms with Gasteiger partial charge in [0, 0.05) is 36.1 Å². The number of amides is 2. The van der Waals surface area contributed by atoms with Gasteiger partial charge in [0.25, 0.3) is 0 Å². The Morgan fingerprint density at radius 3 is 2.70 bits per heavy atom. The van der Waals surface area contributed by atoms with Crippen molar-refractivity contribution in [1.29, 1.82) is 0 Å². The molecule has 0 spiro atoms. The minimum atomic E-state index is -0.170. The Morgan fingerprint density at radius 2 is 2.10 bits per heavy atom. The second kappa shape index (κ2) is 6.43. The molecule has 0 fully saturated rings. The van der Waals surface area contributed by atoms with Crippen molar-refractivity contribution in [2.75, 3.05) is 12.4 Å². The average Bonchev–Trinajstić information content (AvgIpc) is 2.89. The maximum Gasteiger partial charge on any atom is 0.321 e. The van der Waals surface area contributed by atoms with Crippen LogP contribution in [0.15, 0.2) is 36.7 Å². The van der Waals surface area contributed by atoms with Gasteiger partial charge in [-0.1, -0.05) is 11.6 Å². The highest BCUT2D eigenvalue weighted by molar-refractivity contribution is 6.30. The van der Waals surface area contributed by atoms with Gasteiger partial charge in [0.2, 0.25) is 0 Å². The van der Waals surface area contributed by atoms with E-state index in [1.54, 1.807) is 42.4 Å². The molecule has 5 nitrogen and oxygen atoms in total. The van der Waals surface area contributed by atoms with Crippen molar-refractivity contribution in [1.82, 2.24) is 14.7 Å². The van der Waals surface area contributed by atoms with Crippen LogP contribution in [0.3, 0.4) is 0 Å². The number of hydrogen-bond acceptors (Lipinski definition) is 2. The lowest BCUT2D eigenvalue weighted by atomic mass is 10.3. The van der Waals surface area contributed by atoms with Gasteiger partial charge in [0.05, 0.1) is 12.7 Å². The van der Waals surface area contributed by atoms with Gasteiger partial charge in [-0.25, -0.2) is 4.79 Å². The molecule has 20 heavy (non-hydrogen) atoms. The summed E-state index contributed by atoms with van der Waals surface area (Å²) in [4.78, 5) is 13.6. The Balaban J connectivity index is 1.93. The van der Waals surface area contributed by atoms with Gasteiger partial charge < -0.3 is 10.2 Å². The minimum Gasteiger partial charge on any atom is -0.323 e. The number of rotatable bonds is 4. The summed E-state index contributed by atoms with van der Waals surface area (Å²) in [5.41, 5.74) is 1.72. The smallest absolute Gasteiger partial charge is 0.321 e. The van der Waals surface area contributed by atoms with E-state index in [2.05, 4.69) is 10.4 Å². The first-order chi connectivity index (χ1) is 9.58. The molecule has 2 aromatic rings. The standard InChI is InChI=1S/C14H17ClN4O/c1-3-19-10-11(8-16-19)9-18(2)14(20)17-13-6-4-12(15)5-7-13/h4-8,10H,3,9H2,1-2H3,(H,17,20). The van der Waals surface area contributed by atoms with Crippen LogP contribution in [0.4, 0.5) is 10.5 Å². The van der Waals surface area contributed by atoms with Crippen molar-refractivity contribution in [2.45, 2.75) is 20.0 Å². The predicted molar refractivity (Wildman–Crippen MR) is 79.8 cm³/mol. The van der Waals surface area contributed by atoms with Crippen LogP contribution in [0.2, 0.25) is 5.02 Å². The summed E-state index contributed by atoms with van der Waals surface area (Å²) in [5, 5.41) is 7.64. The van der Waals surface area contributed by atoms with Gasteiger partial charge in [-0.3, -0.25) is 4.68 Å². The van der Waals surface area contributed by atoms with Crippen LogP contribution in [-0.2, 0) is 13.1 Å². The number of nitrogens with one attached hydrogen (secondary N) is 1. The normalized spacial score (nSPS) is 10.3. The number of carbonyl (C=O) groups is 1. The fraction of sp³-hybridized carbons (Fsp3) is 0.286. The summed E-state index contributed by atoms with van der Waals surface area (Å²) in [7, 11) is 1.74. The molecule has 0 unspecified atom stereocenters. The molecular formula is C14H17ClN4O. The van der Waals surface area contributed by atoms with Crippen LogP contribution < -0.4 is 5.32 Å². The van der Waals surface area contributed by atoms with Crippen LogP contribution in [0, 0.1) is 0 Å². The molecule has 2 amide bonds. The number of nitrogens with zero attached hydrogens (tertiary/aromatic N) is 3. The summed E-state index contributed by atoms with van der Waals surface area (Å²) in [6, 6.07) is 6.84. The molecule has 1 heterocycles. The molecule has 0 atom stereocenters. The highest BCUT2D eigenvalue weighted by atomic mass is 35.5. The van der Waals surface area contributed by atoms with Crippen LogP contribution >= 0.6 is 11.6 Å². The van der Waals surface area contributed by atoms with Crippen molar-refractivity contribution >= 4 is 23.3 Å². The van der Waals surface area contributed by atoms with E-state index in [0.29, 0.717) is 11.6 Å². The lowest BCUT2D eigenvalue weighted by molar-refractivity contribution is 0.220. The SMILES string of the molecule is CCn1cc(CN(C)C(=O)Nc2ccc(Cl)cc2)cn1. The van der Waals surface area contributed by atoms with Crippen molar-refractivity contribution in [3.8, 4) is 0 Å². The molecule has 1 aromatic heterocycles. The van der Waals surface area contributed by atoms with E-state index in [4.69, 9.17) is 11.6 Å². The molecule has 1 N–H and O–H groups in total. The number of carbonyl (C=O) groups excluding carboxylic acids is 1. The van der Waals surface area contributed by atoms with Gasteiger partial charge in [-0.05, 0) is 31.2 Å². The van der Waals surface area contributed by atoms with Crippen molar-refractivity contribution in [2.24, 2.45) is 0 Å². The zero-order valence-corrected chi connectivity index (χ0v) is 12.3. The number of anilines is 1. The Kier molecular flexibility index (Phi) is 4.63. The molecular weight excluding hydrogens is 276 g/mol. The fourth-order valence-electron chi connectivity index (χ4n) is 1.76. The Hall–Kier alpha value is -2.01. The first-order valence-electron chi connectivity index (χ1n) is 6.37. The number of halogens is 1. The van der Waals surface area contributed by atoms with Crippen molar-refractivity contribution in [3.63, 3.8) is 0 Å². The highest BCUT2D eigenvalue weighted by Crippen LogP contribution is 2.14. The van der Waals surface area contributed by atoms with E-state index in [1.807, 2.05) is 17.8 Å². The maximum atomic E-state index is 12.0. The molecule has 6 heteroatoms. The van der Waals surface area contributed by atoms with Crippen molar-refractivity contribution in [3.05, 3.63) is 47.2 Å². The largest absolute Gasteiger partial charge is 0.323 e. The van der Waals surface area contributed by atoms with Gasteiger partial charge in [0.15, 0.2) is 0 Å². The zero-order chi connectivity index (χ0) is 14.5. The first-order valence-corrected chi connectivity index (χ1v) is 6.75. The summed E-state index contributed by atoms with van der Waals surface area (Å²) < 4.78 is 1.83. The lowest BCUT2D eigenvalue weighted by Crippen LogP contribution is -2.30. The number of benzene rings is 1. The molecule has 0 aliphatic rings. The average molecular weight is 293 g/mol. The Morgan fingerprint density at radius 1 is 1.40 bits per heavy atom. The van der Waals surface area contributed by atoms with Gasteiger partial charge in [-0.2, -0.15) is 5.10 Å². The minimum absolute atomic E-state index is 0.170. The van der Waals surface area contributed by atoms with Gasteiger partial charge in [-0.15, -0.1) is 0 Å². The number of urea groups is 1. The summed E-state index contributed by atoms with van der Waals surface area (Å²) >= 11 is 5.80. The Labute approximate surface area is 123 Å². The van der Waals surface area contributed by atoms with E-state index in [-0.39, 0.29) is 6.03 Å². The molecule has 0 bridgehead atoms. The second-order valence-corrected chi connectivity index (χ2v) is 4.93. The maximum absolute atomic E-state index is 12.0. The van der Waals surface area contributed by atoms with E-state index in [9.17, 15) is 4.79 Å². The quantitative estimate of drug-likeness (QED) is 0.940. The fourth-order valence-corrected chi connectivity index (χ4v) is 1.88. The van der Waals surface area contributed by atoms with E-state index >= 15 is 0 Å². The summed E-state index contributed by atoms with van der Waals surface area (Å²) in [5.74, 6) is 0. The third kappa shape index (κ3) is 3.74. The Bertz CT molecular complexity index is 579. The molecule has 0 radical (unpaired) electrons. The molecule has 0 saturated heterocycles. The van der Waals surface area contributed by atoms with Gasteiger partial charge >= 0.3 is 6.03 Å². The number of hydrogen-bond donors (Lipinski definition) is 1. The lowest BCUT2D eigenvalue weighted by Gasteiger charge is -2.17. The van der Waals surface area contributed by atoms with E-state index in [1.165, 1.54) is 0 Å². The van der Waals surface area contributed by atoms with E-state index in [0.717, 1.165) is 17.8 Å². The molecule has 1 aromatic carbocycles. The topological polar surface area (TPSA) is 50.2 Å². The third-order valence-corrected chi connectivity index (χ3v) is 3.12. The van der Waals surface area contributed by atoms with Crippen LogP contribution in [0.25, 0.3) is 0 Å². The molecule has 0 aliphatic carbocycles. The third-order valence-electron chi connectivity index (χ3n) is 2.87. The molecule has 2 rings (SSSR count). The number of aryl methyl sites for hydroxylation is 1. The number of aromatic nitrogens is 2.